The Morgan fingerprint density at radius 3 is 2.17 bits per heavy atom. The fraction of sp³-hybridized carbons (Fsp3) is 0.276. The van der Waals surface area contributed by atoms with E-state index in [1.807, 2.05) is 80.6 Å². The zero-order valence-corrected chi connectivity index (χ0v) is 20.8. The molecule has 3 rings (SSSR count). The van der Waals surface area contributed by atoms with Crippen LogP contribution in [0.1, 0.15) is 41.8 Å². The van der Waals surface area contributed by atoms with Crippen molar-refractivity contribution < 1.29 is 23.9 Å². The average Bonchev–Trinajstić information content (AvgIpc) is 2.90. The van der Waals surface area contributed by atoms with E-state index in [4.69, 9.17) is 9.47 Å². The number of rotatable bonds is 10. The molecule has 0 spiro atoms. The summed E-state index contributed by atoms with van der Waals surface area (Å²) in [6.07, 6.45) is -0.0686. The van der Waals surface area contributed by atoms with Gasteiger partial charge >= 0.3 is 12.1 Å². The van der Waals surface area contributed by atoms with Gasteiger partial charge in [0.25, 0.3) is 5.91 Å². The molecule has 3 aromatic carbocycles. The first kappa shape index (κ1) is 26.5. The number of methoxy groups -OCH3 is 1. The second-order valence-electron chi connectivity index (χ2n) is 8.80. The summed E-state index contributed by atoms with van der Waals surface area (Å²) >= 11 is 0. The second-order valence-corrected chi connectivity index (χ2v) is 8.80. The Hall–Kier alpha value is -4.13. The molecule has 0 aliphatic rings. The minimum Gasteiger partial charge on any atom is -0.467 e. The third kappa shape index (κ3) is 7.43. The topological polar surface area (TPSA) is 93.7 Å². The summed E-state index contributed by atoms with van der Waals surface area (Å²) in [6, 6.07) is 23.4. The fourth-order valence-corrected chi connectivity index (χ4v) is 3.86. The summed E-state index contributed by atoms with van der Waals surface area (Å²) in [7, 11) is 1.31. The lowest BCUT2D eigenvalue weighted by molar-refractivity contribution is -0.143. The van der Waals surface area contributed by atoms with Gasteiger partial charge in [0.2, 0.25) is 0 Å². The molecule has 3 aromatic rings. The van der Waals surface area contributed by atoms with Gasteiger partial charge in [0, 0.05) is 12.1 Å². The van der Waals surface area contributed by atoms with E-state index in [1.165, 1.54) is 7.11 Å². The van der Waals surface area contributed by atoms with Gasteiger partial charge in [0.05, 0.1) is 7.11 Å². The quantitative estimate of drug-likeness (QED) is 0.388. The highest BCUT2D eigenvalue weighted by Gasteiger charge is 2.24. The smallest absolute Gasteiger partial charge is 0.407 e. The molecular weight excluding hydrogens is 456 g/mol. The Labute approximate surface area is 211 Å². The highest BCUT2D eigenvalue weighted by molar-refractivity contribution is 6.02. The van der Waals surface area contributed by atoms with Gasteiger partial charge in [-0.2, -0.15) is 0 Å². The van der Waals surface area contributed by atoms with Crippen LogP contribution in [0, 0.1) is 5.92 Å². The van der Waals surface area contributed by atoms with Crippen LogP contribution in [0.4, 0.5) is 4.79 Å². The van der Waals surface area contributed by atoms with Crippen LogP contribution in [0.25, 0.3) is 11.1 Å². The van der Waals surface area contributed by atoms with Gasteiger partial charge in [0.1, 0.15) is 12.6 Å². The maximum Gasteiger partial charge on any atom is 0.407 e. The van der Waals surface area contributed by atoms with Crippen LogP contribution < -0.4 is 10.6 Å². The number of carbonyl (C=O) groups is 3. The minimum atomic E-state index is -0.744. The molecular formula is C29H32N2O5. The zero-order valence-electron chi connectivity index (χ0n) is 20.8. The molecule has 0 fully saturated rings. The van der Waals surface area contributed by atoms with Gasteiger partial charge < -0.3 is 20.1 Å². The van der Waals surface area contributed by atoms with Crippen LogP contribution in [0.5, 0.6) is 0 Å². The lowest BCUT2D eigenvalue weighted by Gasteiger charge is -2.20. The molecule has 188 valence electrons. The van der Waals surface area contributed by atoms with E-state index in [0.29, 0.717) is 17.5 Å². The molecule has 1 unspecified atom stereocenters. The SMILES string of the molecule is COC(=O)C(CC(C)C)NC(=O)c1ccccc1-c1ccccc1CNC(=O)OCc1ccccc1. The summed E-state index contributed by atoms with van der Waals surface area (Å²) in [5.41, 5.74) is 3.63. The largest absolute Gasteiger partial charge is 0.467 e. The van der Waals surface area contributed by atoms with Gasteiger partial charge in [-0.3, -0.25) is 4.79 Å². The van der Waals surface area contributed by atoms with Crippen molar-refractivity contribution in [3.63, 3.8) is 0 Å². The molecule has 0 bridgehead atoms. The molecule has 2 amide bonds. The van der Waals surface area contributed by atoms with E-state index >= 15 is 0 Å². The van der Waals surface area contributed by atoms with E-state index in [0.717, 1.165) is 16.7 Å². The van der Waals surface area contributed by atoms with Gasteiger partial charge in [-0.1, -0.05) is 86.6 Å². The summed E-state index contributed by atoms with van der Waals surface area (Å²) in [5.74, 6) is -0.655. The Balaban J connectivity index is 1.75. The molecule has 1 atom stereocenters. The van der Waals surface area contributed by atoms with E-state index in [9.17, 15) is 14.4 Å². The number of ether oxygens (including phenoxy) is 2. The Morgan fingerprint density at radius 1 is 0.833 bits per heavy atom. The lowest BCUT2D eigenvalue weighted by Crippen LogP contribution is -2.42. The number of benzene rings is 3. The summed E-state index contributed by atoms with van der Waals surface area (Å²) in [4.78, 5) is 37.7. The van der Waals surface area contributed by atoms with Crippen molar-refractivity contribution in [2.24, 2.45) is 5.92 Å². The predicted molar refractivity (Wildman–Crippen MR) is 138 cm³/mol. The normalized spacial score (nSPS) is 11.4. The summed E-state index contributed by atoms with van der Waals surface area (Å²) in [5, 5.41) is 5.61. The first-order valence-corrected chi connectivity index (χ1v) is 11.9. The van der Waals surface area contributed by atoms with Crippen molar-refractivity contribution >= 4 is 18.0 Å². The monoisotopic (exact) mass is 488 g/mol. The van der Waals surface area contributed by atoms with Gasteiger partial charge in [-0.25, -0.2) is 9.59 Å². The zero-order chi connectivity index (χ0) is 25.9. The molecule has 7 nitrogen and oxygen atoms in total. The highest BCUT2D eigenvalue weighted by atomic mass is 16.5. The van der Waals surface area contributed by atoms with Crippen molar-refractivity contribution in [1.29, 1.82) is 0 Å². The number of amides is 2. The molecule has 7 heteroatoms. The third-order valence-corrected chi connectivity index (χ3v) is 5.61. The van der Waals surface area contributed by atoms with Crippen molar-refractivity contribution in [3.8, 4) is 11.1 Å². The molecule has 0 aromatic heterocycles. The molecule has 36 heavy (non-hydrogen) atoms. The molecule has 0 aliphatic heterocycles. The summed E-state index contributed by atoms with van der Waals surface area (Å²) in [6.45, 7) is 4.35. The second kappa shape index (κ2) is 13.1. The van der Waals surface area contributed by atoms with Crippen LogP contribution in [0.3, 0.4) is 0 Å². The minimum absolute atomic E-state index is 0.176. The first-order valence-electron chi connectivity index (χ1n) is 11.9. The Morgan fingerprint density at radius 2 is 1.47 bits per heavy atom. The van der Waals surface area contributed by atoms with Crippen LogP contribution in [0.15, 0.2) is 78.9 Å². The van der Waals surface area contributed by atoms with Crippen molar-refractivity contribution in [3.05, 3.63) is 95.6 Å². The Kier molecular flexibility index (Phi) is 9.63. The predicted octanol–water partition coefficient (Wildman–Crippen LogP) is 5.10. The van der Waals surface area contributed by atoms with Gasteiger partial charge in [-0.15, -0.1) is 0 Å². The standard InChI is InChI=1S/C29H32N2O5/c1-20(2)17-26(28(33)35-3)31-27(32)25-16-10-9-15-24(25)23-14-8-7-13-22(23)18-30-29(34)36-19-21-11-5-4-6-12-21/h4-16,20,26H,17-19H2,1-3H3,(H,30,34)(H,31,32). The van der Waals surface area contributed by atoms with Crippen LogP contribution in [0.2, 0.25) is 0 Å². The third-order valence-electron chi connectivity index (χ3n) is 5.61. The maximum atomic E-state index is 13.2. The molecule has 0 saturated heterocycles. The number of hydrogen-bond acceptors (Lipinski definition) is 5. The number of hydrogen-bond donors (Lipinski definition) is 2. The number of alkyl carbamates (subject to hydrolysis) is 1. The average molecular weight is 489 g/mol. The molecule has 0 aliphatic carbocycles. The first-order chi connectivity index (χ1) is 17.4. The van der Waals surface area contributed by atoms with Crippen molar-refractivity contribution in [2.45, 2.75) is 39.5 Å². The number of carbonyl (C=O) groups excluding carboxylic acids is 3. The van der Waals surface area contributed by atoms with Crippen molar-refractivity contribution in [1.82, 2.24) is 10.6 Å². The van der Waals surface area contributed by atoms with Crippen LogP contribution >= 0.6 is 0 Å². The Bertz CT molecular complexity index is 1180. The van der Waals surface area contributed by atoms with E-state index in [1.54, 1.807) is 12.1 Å². The van der Waals surface area contributed by atoms with Crippen molar-refractivity contribution in [2.75, 3.05) is 7.11 Å². The fourth-order valence-electron chi connectivity index (χ4n) is 3.86. The molecule has 0 radical (unpaired) electrons. The molecule has 0 saturated carbocycles. The van der Waals surface area contributed by atoms with E-state index in [2.05, 4.69) is 10.6 Å². The van der Waals surface area contributed by atoms with Crippen LogP contribution in [-0.4, -0.2) is 31.1 Å². The van der Waals surface area contributed by atoms with Crippen LogP contribution in [-0.2, 0) is 27.4 Å². The maximum absolute atomic E-state index is 13.2. The summed E-state index contributed by atoms with van der Waals surface area (Å²) < 4.78 is 10.2. The lowest BCUT2D eigenvalue weighted by atomic mass is 9.94. The van der Waals surface area contributed by atoms with Gasteiger partial charge in [0.15, 0.2) is 0 Å². The van der Waals surface area contributed by atoms with E-state index in [-0.39, 0.29) is 25.0 Å². The molecule has 2 N–H and O–H groups in total. The van der Waals surface area contributed by atoms with Gasteiger partial charge in [-0.05, 0) is 40.7 Å². The van der Waals surface area contributed by atoms with E-state index < -0.39 is 18.1 Å². The molecule has 0 heterocycles. The number of esters is 1. The number of nitrogens with one attached hydrogen (secondary N) is 2. The highest BCUT2D eigenvalue weighted by Crippen LogP contribution is 2.27.